The standard InChI is InChI=1S/C16H23N5O2/c1-19-11-12(15(22)20(2)16(19)23)10-17-14-8-9-18-21(14)13-6-4-3-5-7-13/h8-9,11,13,17H,3-7,10H2,1-2H3. The van der Waals surface area contributed by atoms with Crippen LogP contribution in [0.4, 0.5) is 5.82 Å². The van der Waals surface area contributed by atoms with Crippen LogP contribution in [-0.2, 0) is 20.6 Å². The lowest BCUT2D eigenvalue weighted by Gasteiger charge is -2.24. The number of nitrogens with one attached hydrogen (secondary N) is 1. The first-order valence-corrected chi connectivity index (χ1v) is 8.11. The van der Waals surface area contributed by atoms with E-state index in [0.717, 1.165) is 23.2 Å². The number of rotatable bonds is 4. The van der Waals surface area contributed by atoms with E-state index in [-0.39, 0.29) is 11.2 Å². The average Bonchev–Trinajstić information content (AvgIpc) is 3.04. The molecule has 1 N–H and O–H groups in total. The molecule has 1 saturated carbocycles. The molecule has 124 valence electrons. The molecule has 0 amide bonds. The first-order chi connectivity index (χ1) is 11.1. The highest BCUT2D eigenvalue weighted by molar-refractivity contribution is 5.35. The van der Waals surface area contributed by atoms with Crippen molar-refractivity contribution in [3.05, 3.63) is 44.9 Å². The Labute approximate surface area is 134 Å². The zero-order chi connectivity index (χ0) is 16.4. The van der Waals surface area contributed by atoms with Crippen LogP contribution in [0.15, 0.2) is 28.0 Å². The van der Waals surface area contributed by atoms with E-state index in [0.29, 0.717) is 18.2 Å². The van der Waals surface area contributed by atoms with E-state index in [1.54, 1.807) is 19.4 Å². The number of nitrogens with zero attached hydrogens (tertiary/aromatic N) is 4. The van der Waals surface area contributed by atoms with Crippen LogP contribution in [0.1, 0.15) is 43.7 Å². The molecule has 0 radical (unpaired) electrons. The lowest BCUT2D eigenvalue weighted by molar-refractivity contribution is 0.332. The van der Waals surface area contributed by atoms with Crippen LogP contribution in [-0.4, -0.2) is 18.9 Å². The van der Waals surface area contributed by atoms with Gasteiger partial charge in [-0.15, -0.1) is 0 Å². The maximum atomic E-state index is 12.2. The van der Waals surface area contributed by atoms with E-state index >= 15 is 0 Å². The number of aryl methyl sites for hydroxylation is 1. The van der Waals surface area contributed by atoms with Gasteiger partial charge in [0.2, 0.25) is 0 Å². The zero-order valence-corrected chi connectivity index (χ0v) is 13.7. The quantitative estimate of drug-likeness (QED) is 0.925. The van der Waals surface area contributed by atoms with Crippen molar-refractivity contribution in [1.29, 1.82) is 0 Å². The second-order valence-corrected chi connectivity index (χ2v) is 6.22. The van der Waals surface area contributed by atoms with E-state index in [4.69, 9.17) is 0 Å². The number of hydrogen-bond donors (Lipinski definition) is 1. The van der Waals surface area contributed by atoms with Crippen LogP contribution < -0.4 is 16.6 Å². The summed E-state index contributed by atoms with van der Waals surface area (Å²) in [7, 11) is 3.15. The Kier molecular flexibility index (Phi) is 4.36. The molecule has 1 aliphatic rings. The summed E-state index contributed by atoms with van der Waals surface area (Å²) in [5.74, 6) is 0.924. The Morgan fingerprint density at radius 2 is 1.96 bits per heavy atom. The van der Waals surface area contributed by atoms with Gasteiger partial charge in [-0.1, -0.05) is 19.3 Å². The Balaban J connectivity index is 1.78. The number of hydrogen-bond acceptors (Lipinski definition) is 4. The molecule has 2 heterocycles. The third kappa shape index (κ3) is 3.09. The third-order valence-corrected chi connectivity index (χ3v) is 4.57. The van der Waals surface area contributed by atoms with Gasteiger partial charge in [0.25, 0.3) is 5.56 Å². The fraction of sp³-hybridized carbons (Fsp3) is 0.562. The first-order valence-electron chi connectivity index (χ1n) is 8.11. The van der Waals surface area contributed by atoms with Crippen LogP contribution in [0.5, 0.6) is 0 Å². The molecule has 2 aromatic heterocycles. The molecule has 0 atom stereocenters. The van der Waals surface area contributed by atoms with Gasteiger partial charge in [0.15, 0.2) is 0 Å². The molecule has 1 fully saturated rings. The summed E-state index contributed by atoms with van der Waals surface area (Å²) < 4.78 is 4.60. The monoisotopic (exact) mass is 317 g/mol. The van der Waals surface area contributed by atoms with Crippen molar-refractivity contribution in [2.75, 3.05) is 5.32 Å². The molecule has 0 unspecified atom stereocenters. The molecule has 3 rings (SSSR count). The second kappa shape index (κ2) is 6.44. The highest BCUT2D eigenvalue weighted by Gasteiger charge is 2.18. The fourth-order valence-corrected chi connectivity index (χ4v) is 3.26. The highest BCUT2D eigenvalue weighted by Crippen LogP contribution is 2.29. The Bertz CT molecular complexity index is 796. The van der Waals surface area contributed by atoms with Gasteiger partial charge in [-0.05, 0) is 12.8 Å². The summed E-state index contributed by atoms with van der Waals surface area (Å²) >= 11 is 0. The Morgan fingerprint density at radius 3 is 2.70 bits per heavy atom. The summed E-state index contributed by atoms with van der Waals surface area (Å²) in [4.78, 5) is 23.9. The van der Waals surface area contributed by atoms with Crippen molar-refractivity contribution in [2.24, 2.45) is 14.1 Å². The van der Waals surface area contributed by atoms with Gasteiger partial charge in [-0.3, -0.25) is 9.36 Å². The maximum absolute atomic E-state index is 12.2. The minimum absolute atomic E-state index is 0.260. The van der Waals surface area contributed by atoms with E-state index < -0.39 is 0 Å². The molecular weight excluding hydrogens is 294 g/mol. The Morgan fingerprint density at radius 1 is 1.22 bits per heavy atom. The molecule has 7 heteroatoms. The maximum Gasteiger partial charge on any atom is 0.330 e. The van der Waals surface area contributed by atoms with Crippen LogP contribution in [0.25, 0.3) is 0 Å². The summed E-state index contributed by atoms with van der Waals surface area (Å²) in [5.41, 5.74) is -0.0127. The van der Waals surface area contributed by atoms with Crippen molar-refractivity contribution in [1.82, 2.24) is 18.9 Å². The van der Waals surface area contributed by atoms with Crippen LogP contribution in [0, 0.1) is 0 Å². The van der Waals surface area contributed by atoms with Gasteiger partial charge in [0.1, 0.15) is 5.82 Å². The largest absolute Gasteiger partial charge is 0.366 e. The van der Waals surface area contributed by atoms with Gasteiger partial charge in [0.05, 0.1) is 17.8 Å². The summed E-state index contributed by atoms with van der Waals surface area (Å²) in [6.45, 7) is 0.374. The van der Waals surface area contributed by atoms with Crippen LogP contribution in [0.2, 0.25) is 0 Å². The second-order valence-electron chi connectivity index (χ2n) is 6.22. The van der Waals surface area contributed by atoms with Crippen molar-refractivity contribution in [3.63, 3.8) is 0 Å². The van der Waals surface area contributed by atoms with Crippen LogP contribution >= 0.6 is 0 Å². The fourth-order valence-electron chi connectivity index (χ4n) is 3.26. The third-order valence-electron chi connectivity index (χ3n) is 4.57. The molecule has 1 aliphatic carbocycles. The van der Waals surface area contributed by atoms with Crippen molar-refractivity contribution in [2.45, 2.75) is 44.7 Å². The topological polar surface area (TPSA) is 73.8 Å². The first kappa shape index (κ1) is 15.6. The van der Waals surface area contributed by atoms with E-state index in [1.807, 2.05) is 10.7 Å². The van der Waals surface area contributed by atoms with Gasteiger partial charge in [-0.2, -0.15) is 5.10 Å². The Hall–Kier alpha value is -2.31. The minimum Gasteiger partial charge on any atom is -0.366 e. The normalized spacial score (nSPS) is 15.7. The predicted molar refractivity (Wildman–Crippen MR) is 88.6 cm³/mol. The highest BCUT2D eigenvalue weighted by atomic mass is 16.2. The molecule has 0 spiro atoms. The molecule has 0 aliphatic heterocycles. The zero-order valence-electron chi connectivity index (χ0n) is 13.7. The van der Waals surface area contributed by atoms with Crippen molar-refractivity contribution >= 4 is 5.82 Å². The van der Waals surface area contributed by atoms with Crippen molar-refractivity contribution < 1.29 is 0 Å². The van der Waals surface area contributed by atoms with Gasteiger partial charge >= 0.3 is 5.69 Å². The van der Waals surface area contributed by atoms with E-state index in [9.17, 15) is 9.59 Å². The molecule has 0 saturated heterocycles. The van der Waals surface area contributed by atoms with Gasteiger partial charge < -0.3 is 9.88 Å². The number of aromatic nitrogens is 4. The van der Waals surface area contributed by atoms with Gasteiger partial charge in [-0.25, -0.2) is 9.48 Å². The lowest BCUT2D eigenvalue weighted by Crippen LogP contribution is -2.38. The number of anilines is 1. The summed E-state index contributed by atoms with van der Waals surface area (Å²) in [6, 6.07) is 2.37. The molecule has 0 bridgehead atoms. The molecular formula is C16H23N5O2. The summed E-state index contributed by atoms with van der Waals surface area (Å²) in [5, 5.41) is 7.73. The molecule has 2 aromatic rings. The van der Waals surface area contributed by atoms with E-state index in [2.05, 4.69) is 10.4 Å². The average molecular weight is 317 g/mol. The van der Waals surface area contributed by atoms with Crippen molar-refractivity contribution in [3.8, 4) is 0 Å². The van der Waals surface area contributed by atoms with E-state index in [1.165, 1.54) is 30.9 Å². The summed E-state index contributed by atoms with van der Waals surface area (Å²) in [6.07, 6.45) is 9.47. The molecule has 0 aromatic carbocycles. The lowest BCUT2D eigenvalue weighted by atomic mass is 9.96. The smallest absolute Gasteiger partial charge is 0.330 e. The van der Waals surface area contributed by atoms with Gasteiger partial charge in [0, 0.05) is 32.9 Å². The SMILES string of the molecule is Cn1cc(CNc2ccnn2C2CCCCC2)c(=O)n(C)c1=O. The predicted octanol–water partition coefficient (Wildman–Crippen LogP) is 1.40. The van der Waals surface area contributed by atoms with Crippen LogP contribution in [0.3, 0.4) is 0 Å². The molecule has 7 nitrogen and oxygen atoms in total. The molecule has 23 heavy (non-hydrogen) atoms. The minimum atomic E-state index is -0.314.